The van der Waals surface area contributed by atoms with Gasteiger partial charge in [0.05, 0.1) is 32.0 Å². The monoisotopic (exact) mass is 379 g/mol. The number of halogens is 3. The van der Waals surface area contributed by atoms with Crippen molar-refractivity contribution in [3.63, 3.8) is 0 Å². The van der Waals surface area contributed by atoms with Crippen LogP contribution in [-0.2, 0) is 6.54 Å². The minimum Gasteiger partial charge on any atom is -0.309 e. The van der Waals surface area contributed by atoms with Gasteiger partial charge in [-0.1, -0.05) is 41.7 Å². The Hall–Kier alpha value is -1.75. The second-order valence-electron chi connectivity index (χ2n) is 5.62. The number of benzene rings is 2. The number of nitrogens with zero attached hydrogens (tertiary/aromatic N) is 3. The van der Waals surface area contributed by atoms with Crippen LogP contribution >= 0.6 is 34.8 Å². The molecule has 0 spiro atoms. The molecule has 0 saturated heterocycles. The Morgan fingerprint density at radius 1 is 1.04 bits per heavy atom. The molecular formula is C17H12Cl3N3O. The van der Waals surface area contributed by atoms with E-state index in [1.165, 1.54) is 0 Å². The van der Waals surface area contributed by atoms with Gasteiger partial charge in [0.1, 0.15) is 0 Å². The first kappa shape index (κ1) is 15.8. The van der Waals surface area contributed by atoms with Crippen LogP contribution in [0.4, 0.5) is 0 Å². The van der Waals surface area contributed by atoms with Gasteiger partial charge in [-0.05, 0) is 36.8 Å². The van der Waals surface area contributed by atoms with Crippen LogP contribution in [0.2, 0.25) is 15.1 Å². The number of hydrogen-bond donors (Lipinski definition) is 0. The molecular weight excluding hydrogens is 369 g/mol. The molecule has 0 aliphatic carbocycles. The van der Waals surface area contributed by atoms with Crippen molar-refractivity contribution in [2.75, 3.05) is 0 Å². The summed E-state index contributed by atoms with van der Waals surface area (Å²) in [6.45, 7) is 2.78. The molecule has 4 rings (SSSR count). The highest BCUT2D eigenvalue weighted by Crippen LogP contribution is 2.30. The van der Waals surface area contributed by atoms with Gasteiger partial charge >= 0.3 is 0 Å². The molecule has 2 aromatic carbocycles. The number of rotatable bonds is 2. The molecule has 0 aliphatic heterocycles. The molecule has 0 aliphatic rings. The zero-order chi connectivity index (χ0) is 17.0. The maximum absolute atomic E-state index is 13.0. The van der Waals surface area contributed by atoms with E-state index < -0.39 is 0 Å². The Labute approximate surface area is 152 Å². The number of hydrogen-bond acceptors (Lipinski definition) is 2. The summed E-state index contributed by atoms with van der Waals surface area (Å²) in [6.07, 6.45) is 0.892. The third-order valence-electron chi connectivity index (χ3n) is 4.05. The van der Waals surface area contributed by atoms with E-state index in [-0.39, 0.29) is 5.56 Å². The van der Waals surface area contributed by atoms with Crippen molar-refractivity contribution in [3.8, 4) is 0 Å². The van der Waals surface area contributed by atoms with Crippen LogP contribution in [0.5, 0.6) is 0 Å². The standard InChI is InChI=1S/C17H12Cl3N3O/c1-2-5-22-14-7-11(19)12(20)8-15(14)23-16(24)10-4-3-9(18)6-13(10)21-17(22)23/h3-4,6-8H,2,5H2,1H3. The first-order valence-corrected chi connectivity index (χ1v) is 8.64. The van der Waals surface area contributed by atoms with Crippen LogP contribution in [0.15, 0.2) is 35.1 Å². The normalized spacial score (nSPS) is 11.8. The molecule has 24 heavy (non-hydrogen) atoms. The summed E-state index contributed by atoms with van der Waals surface area (Å²) in [5, 5.41) is 1.91. The summed E-state index contributed by atoms with van der Waals surface area (Å²) in [7, 11) is 0. The average Bonchev–Trinajstić information content (AvgIpc) is 2.82. The van der Waals surface area contributed by atoms with E-state index in [9.17, 15) is 4.79 Å². The van der Waals surface area contributed by atoms with Crippen molar-refractivity contribution in [2.24, 2.45) is 0 Å². The SMILES string of the molecule is CCCn1c2cc(Cl)c(Cl)cc2n2c(=O)c3ccc(Cl)cc3nc12. The molecule has 4 aromatic rings. The molecule has 0 radical (unpaired) electrons. The summed E-state index contributed by atoms with van der Waals surface area (Å²) >= 11 is 18.4. The summed E-state index contributed by atoms with van der Waals surface area (Å²) in [5.41, 5.74) is 1.95. The van der Waals surface area contributed by atoms with E-state index in [1.807, 2.05) is 4.57 Å². The Kier molecular flexibility index (Phi) is 3.71. The second kappa shape index (κ2) is 5.66. The summed E-state index contributed by atoms with van der Waals surface area (Å²) in [4.78, 5) is 17.7. The largest absolute Gasteiger partial charge is 0.309 e. The molecule has 0 saturated carbocycles. The molecule has 7 heteroatoms. The summed E-state index contributed by atoms with van der Waals surface area (Å²) in [6, 6.07) is 8.57. The smallest absolute Gasteiger partial charge is 0.267 e. The van der Waals surface area contributed by atoms with Gasteiger partial charge in [-0.2, -0.15) is 0 Å². The Morgan fingerprint density at radius 3 is 2.46 bits per heavy atom. The van der Waals surface area contributed by atoms with Crippen LogP contribution in [0.1, 0.15) is 13.3 Å². The lowest BCUT2D eigenvalue weighted by Gasteiger charge is -2.04. The molecule has 0 unspecified atom stereocenters. The van der Waals surface area contributed by atoms with Crippen molar-refractivity contribution in [1.82, 2.24) is 14.0 Å². The van der Waals surface area contributed by atoms with E-state index in [1.54, 1.807) is 34.7 Å². The molecule has 0 N–H and O–H groups in total. The zero-order valence-corrected chi connectivity index (χ0v) is 15.0. The molecule has 0 atom stereocenters. The van der Waals surface area contributed by atoms with Crippen molar-refractivity contribution >= 4 is 62.5 Å². The van der Waals surface area contributed by atoms with Gasteiger partial charge in [-0.3, -0.25) is 4.79 Å². The second-order valence-corrected chi connectivity index (χ2v) is 6.87. The van der Waals surface area contributed by atoms with E-state index in [4.69, 9.17) is 34.8 Å². The highest BCUT2D eigenvalue weighted by atomic mass is 35.5. The van der Waals surface area contributed by atoms with Crippen LogP contribution in [0, 0.1) is 0 Å². The lowest BCUT2D eigenvalue weighted by Crippen LogP contribution is -2.15. The number of imidazole rings is 1. The predicted molar refractivity (Wildman–Crippen MR) is 99.8 cm³/mol. The third-order valence-corrected chi connectivity index (χ3v) is 5.01. The number of aryl methyl sites for hydroxylation is 1. The number of fused-ring (bicyclic) bond motifs is 4. The van der Waals surface area contributed by atoms with Gasteiger partial charge in [-0.25, -0.2) is 9.38 Å². The van der Waals surface area contributed by atoms with E-state index in [0.29, 0.717) is 43.8 Å². The van der Waals surface area contributed by atoms with Gasteiger partial charge < -0.3 is 4.57 Å². The van der Waals surface area contributed by atoms with Gasteiger partial charge in [0.2, 0.25) is 5.78 Å². The maximum Gasteiger partial charge on any atom is 0.267 e. The summed E-state index contributed by atoms with van der Waals surface area (Å²) in [5.74, 6) is 0.560. The fourth-order valence-electron chi connectivity index (χ4n) is 3.02. The maximum atomic E-state index is 13.0. The lowest BCUT2D eigenvalue weighted by molar-refractivity contribution is 0.710. The highest BCUT2D eigenvalue weighted by molar-refractivity contribution is 6.42. The minimum absolute atomic E-state index is 0.148. The van der Waals surface area contributed by atoms with Crippen LogP contribution < -0.4 is 5.56 Å². The van der Waals surface area contributed by atoms with E-state index >= 15 is 0 Å². The van der Waals surface area contributed by atoms with Crippen LogP contribution in [-0.4, -0.2) is 14.0 Å². The third kappa shape index (κ3) is 2.21. The van der Waals surface area contributed by atoms with E-state index in [0.717, 1.165) is 11.9 Å². The fraction of sp³-hybridized carbons (Fsp3) is 0.176. The number of aromatic nitrogens is 3. The Morgan fingerprint density at radius 2 is 1.75 bits per heavy atom. The first-order chi connectivity index (χ1) is 11.5. The topological polar surface area (TPSA) is 39.3 Å². The van der Waals surface area contributed by atoms with Crippen LogP contribution in [0.25, 0.3) is 27.7 Å². The highest BCUT2D eigenvalue weighted by Gasteiger charge is 2.17. The average molecular weight is 381 g/mol. The molecule has 0 fully saturated rings. The zero-order valence-electron chi connectivity index (χ0n) is 12.7. The van der Waals surface area contributed by atoms with Crippen molar-refractivity contribution in [3.05, 3.63) is 55.8 Å². The summed E-state index contributed by atoms with van der Waals surface area (Å²) < 4.78 is 3.57. The predicted octanol–water partition coefficient (Wildman–Crippen LogP) is 5.17. The van der Waals surface area contributed by atoms with Gasteiger partial charge in [0, 0.05) is 11.6 Å². The van der Waals surface area contributed by atoms with Gasteiger partial charge in [0.15, 0.2) is 0 Å². The fourth-order valence-corrected chi connectivity index (χ4v) is 3.50. The lowest BCUT2D eigenvalue weighted by atomic mass is 10.2. The van der Waals surface area contributed by atoms with Crippen molar-refractivity contribution < 1.29 is 0 Å². The van der Waals surface area contributed by atoms with Crippen molar-refractivity contribution in [1.29, 1.82) is 0 Å². The van der Waals surface area contributed by atoms with E-state index in [2.05, 4.69) is 11.9 Å². The molecule has 2 heterocycles. The molecule has 0 bridgehead atoms. The first-order valence-electron chi connectivity index (χ1n) is 7.50. The van der Waals surface area contributed by atoms with Crippen molar-refractivity contribution in [2.45, 2.75) is 19.9 Å². The molecule has 2 aromatic heterocycles. The molecule has 122 valence electrons. The quantitative estimate of drug-likeness (QED) is 0.481. The van der Waals surface area contributed by atoms with Gasteiger partial charge in [-0.15, -0.1) is 0 Å². The molecule has 0 amide bonds. The van der Waals surface area contributed by atoms with Gasteiger partial charge in [0.25, 0.3) is 5.56 Å². The Bertz CT molecular complexity index is 1180. The minimum atomic E-state index is -0.148. The Balaban J connectivity index is 2.29. The van der Waals surface area contributed by atoms with Crippen LogP contribution in [0.3, 0.4) is 0 Å². The molecule has 4 nitrogen and oxygen atoms in total.